The Kier molecular flexibility index (Phi) is 6.80. The second kappa shape index (κ2) is 9.78. The predicted octanol–water partition coefficient (Wildman–Crippen LogP) is 6.34. The van der Waals surface area contributed by atoms with Crippen LogP contribution in [-0.4, -0.2) is 41.8 Å². The van der Waals surface area contributed by atoms with Gasteiger partial charge in [-0.05, 0) is 53.8 Å². The summed E-state index contributed by atoms with van der Waals surface area (Å²) in [5, 5.41) is 5.88. The SMILES string of the molecule is CCNc1ccc(C(OC)(c2ccc(N(C)C)cc2)c2ccc(N(C)C)cc2)c2ccccc12. The topological polar surface area (TPSA) is 27.7 Å². The maximum atomic E-state index is 6.56. The van der Waals surface area contributed by atoms with E-state index in [1.54, 1.807) is 0 Å². The molecule has 0 bridgehead atoms. The van der Waals surface area contributed by atoms with Crippen LogP contribution in [0.1, 0.15) is 23.6 Å². The van der Waals surface area contributed by atoms with Crippen LogP contribution in [0.2, 0.25) is 0 Å². The van der Waals surface area contributed by atoms with E-state index in [4.69, 9.17) is 4.74 Å². The summed E-state index contributed by atoms with van der Waals surface area (Å²) in [5.41, 5.74) is 6.01. The number of hydrogen-bond acceptors (Lipinski definition) is 4. The average Bonchev–Trinajstić information content (AvgIpc) is 2.86. The van der Waals surface area contributed by atoms with Gasteiger partial charge in [-0.25, -0.2) is 0 Å². The van der Waals surface area contributed by atoms with Crippen LogP contribution in [0.25, 0.3) is 10.8 Å². The van der Waals surface area contributed by atoms with Gasteiger partial charge in [0.1, 0.15) is 5.60 Å². The molecule has 0 spiro atoms. The molecule has 176 valence electrons. The summed E-state index contributed by atoms with van der Waals surface area (Å²) >= 11 is 0. The van der Waals surface area contributed by atoms with E-state index in [1.165, 1.54) is 10.8 Å². The molecule has 0 saturated heterocycles. The van der Waals surface area contributed by atoms with Gasteiger partial charge < -0.3 is 19.9 Å². The monoisotopic (exact) mass is 453 g/mol. The summed E-state index contributed by atoms with van der Waals surface area (Å²) in [6, 6.07) is 30.3. The average molecular weight is 454 g/mol. The number of nitrogens with zero attached hydrogens (tertiary/aromatic N) is 2. The number of hydrogen-bond donors (Lipinski definition) is 1. The zero-order valence-corrected chi connectivity index (χ0v) is 21.1. The number of methoxy groups -OCH3 is 1. The Balaban J connectivity index is 2.03. The fourth-order valence-corrected chi connectivity index (χ4v) is 4.76. The molecule has 0 aromatic heterocycles. The van der Waals surface area contributed by atoms with Gasteiger partial charge in [0.05, 0.1) is 0 Å². The number of ether oxygens (including phenoxy) is 1. The minimum atomic E-state index is -0.764. The lowest BCUT2D eigenvalue weighted by atomic mass is 9.77. The van der Waals surface area contributed by atoms with Crippen molar-refractivity contribution in [2.75, 3.05) is 57.0 Å². The second-order valence-corrected chi connectivity index (χ2v) is 9.00. The first-order valence-corrected chi connectivity index (χ1v) is 11.8. The van der Waals surface area contributed by atoms with E-state index >= 15 is 0 Å². The highest BCUT2D eigenvalue weighted by atomic mass is 16.5. The molecule has 0 amide bonds. The maximum Gasteiger partial charge on any atom is 0.143 e. The summed E-state index contributed by atoms with van der Waals surface area (Å²) in [7, 11) is 10.1. The number of benzene rings is 4. The molecule has 4 rings (SSSR count). The van der Waals surface area contributed by atoms with Crippen LogP contribution < -0.4 is 15.1 Å². The molecule has 0 atom stereocenters. The highest BCUT2D eigenvalue weighted by Crippen LogP contribution is 2.45. The van der Waals surface area contributed by atoms with Gasteiger partial charge in [0.25, 0.3) is 0 Å². The van der Waals surface area contributed by atoms with E-state index in [0.29, 0.717) is 0 Å². The predicted molar refractivity (Wildman–Crippen MR) is 147 cm³/mol. The van der Waals surface area contributed by atoms with Gasteiger partial charge in [0.15, 0.2) is 0 Å². The van der Waals surface area contributed by atoms with Crippen LogP contribution in [0.15, 0.2) is 84.9 Å². The maximum absolute atomic E-state index is 6.56. The zero-order chi connectivity index (χ0) is 24.3. The van der Waals surface area contributed by atoms with Crippen molar-refractivity contribution in [3.63, 3.8) is 0 Å². The van der Waals surface area contributed by atoms with E-state index in [2.05, 4.69) is 135 Å². The molecule has 4 nitrogen and oxygen atoms in total. The van der Waals surface area contributed by atoms with E-state index in [9.17, 15) is 0 Å². The number of rotatable bonds is 8. The first kappa shape index (κ1) is 23.7. The van der Waals surface area contributed by atoms with Crippen LogP contribution >= 0.6 is 0 Å². The number of anilines is 3. The minimum Gasteiger partial charge on any atom is -0.385 e. The van der Waals surface area contributed by atoms with E-state index in [-0.39, 0.29) is 0 Å². The molecule has 0 fully saturated rings. The third-order valence-electron chi connectivity index (χ3n) is 6.56. The van der Waals surface area contributed by atoms with E-state index in [0.717, 1.165) is 40.3 Å². The van der Waals surface area contributed by atoms with Crippen molar-refractivity contribution in [1.29, 1.82) is 0 Å². The lowest BCUT2D eigenvalue weighted by Gasteiger charge is -2.36. The Labute approximate surface area is 203 Å². The van der Waals surface area contributed by atoms with Crippen molar-refractivity contribution < 1.29 is 4.74 Å². The van der Waals surface area contributed by atoms with Crippen LogP contribution in [0.3, 0.4) is 0 Å². The molecule has 1 N–H and O–H groups in total. The molecule has 0 saturated carbocycles. The van der Waals surface area contributed by atoms with Crippen molar-refractivity contribution in [1.82, 2.24) is 0 Å². The molecule has 4 aromatic carbocycles. The standard InChI is InChI=1S/C30H35N3O/c1-7-31-29-21-20-28(26-10-8-9-11-27(26)29)30(34-6,22-12-16-24(17-13-22)32(2)3)23-14-18-25(19-15-23)33(4)5/h8-21,31H,7H2,1-6H3. The Morgan fingerprint density at radius 1 is 0.676 bits per heavy atom. The lowest BCUT2D eigenvalue weighted by molar-refractivity contribution is 0.0598. The third kappa shape index (κ3) is 4.10. The molecular formula is C30H35N3O. The molecule has 0 radical (unpaired) electrons. The lowest BCUT2D eigenvalue weighted by Crippen LogP contribution is -2.32. The molecule has 0 unspecified atom stereocenters. The summed E-state index contributed by atoms with van der Waals surface area (Å²) in [4.78, 5) is 4.23. The molecule has 34 heavy (non-hydrogen) atoms. The fourth-order valence-electron chi connectivity index (χ4n) is 4.76. The molecule has 0 aliphatic heterocycles. The van der Waals surface area contributed by atoms with Crippen LogP contribution in [0.5, 0.6) is 0 Å². The van der Waals surface area contributed by atoms with Crippen molar-refractivity contribution in [3.05, 3.63) is 102 Å². The summed E-state index contributed by atoms with van der Waals surface area (Å²) < 4.78 is 6.56. The Morgan fingerprint density at radius 2 is 1.18 bits per heavy atom. The Morgan fingerprint density at radius 3 is 1.62 bits per heavy atom. The molecular weight excluding hydrogens is 418 g/mol. The van der Waals surface area contributed by atoms with Gasteiger partial charge >= 0.3 is 0 Å². The molecule has 0 heterocycles. The Bertz CT molecular complexity index is 1190. The normalized spacial score (nSPS) is 11.5. The molecule has 4 heteroatoms. The van der Waals surface area contributed by atoms with Gasteiger partial charge in [-0.15, -0.1) is 0 Å². The summed E-state index contributed by atoms with van der Waals surface area (Å²) in [5.74, 6) is 0. The van der Waals surface area contributed by atoms with Crippen molar-refractivity contribution >= 4 is 27.8 Å². The quantitative estimate of drug-likeness (QED) is 0.315. The van der Waals surface area contributed by atoms with Crippen molar-refractivity contribution in [3.8, 4) is 0 Å². The molecule has 4 aromatic rings. The van der Waals surface area contributed by atoms with Gasteiger partial charge in [-0.2, -0.15) is 0 Å². The molecule has 0 aliphatic rings. The fraction of sp³-hybridized carbons (Fsp3) is 0.267. The molecule has 0 aliphatic carbocycles. The number of fused-ring (bicyclic) bond motifs is 1. The van der Waals surface area contributed by atoms with Gasteiger partial charge in [-0.3, -0.25) is 0 Å². The van der Waals surface area contributed by atoms with Crippen molar-refractivity contribution in [2.24, 2.45) is 0 Å². The highest BCUT2D eigenvalue weighted by Gasteiger charge is 2.38. The minimum absolute atomic E-state index is 0.764. The Hall–Kier alpha value is -3.50. The summed E-state index contributed by atoms with van der Waals surface area (Å²) in [6.07, 6.45) is 0. The number of nitrogens with one attached hydrogen (secondary N) is 1. The van der Waals surface area contributed by atoms with Gasteiger partial charge in [0.2, 0.25) is 0 Å². The summed E-state index contributed by atoms with van der Waals surface area (Å²) in [6.45, 7) is 3.00. The van der Waals surface area contributed by atoms with Gasteiger partial charge in [0, 0.05) is 69.9 Å². The van der Waals surface area contributed by atoms with E-state index < -0.39 is 5.60 Å². The van der Waals surface area contributed by atoms with Gasteiger partial charge in [-0.1, -0.05) is 54.6 Å². The second-order valence-electron chi connectivity index (χ2n) is 9.00. The highest BCUT2D eigenvalue weighted by molar-refractivity contribution is 5.97. The van der Waals surface area contributed by atoms with Crippen molar-refractivity contribution in [2.45, 2.75) is 12.5 Å². The largest absolute Gasteiger partial charge is 0.385 e. The zero-order valence-electron chi connectivity index (χ0n) is 21.1. The smallest absolute Gasteiger partial charge is 0.143 e. The first-order chi connectivity index (χ1) is 16.4. The third-order valence-corrected chi connectivity index (χ3v) is 6.56. The van der Waals surface area contributed by atoms with Crippen LogP contribution in [0.4, 0.5) is 17.1 Å². The van der Waals surface area contributed by atoms with E-state index in [1.807, 2.05) is 7.11 Å². The first-order valence-electron chi connectivity index (χ1n) is 11.8. The van der Waals surface area contributed by atoms with Crippen LogP contribution in [-0.2, 0) is 10.3 Å². The van der Waals surface area contributed by atoms with Crippen LogP contribution in [0, 0.1) is 0 Å².